The Labute approximate surface area is 159 Å². The minimum absolute atomic E-state index is 0.0317. The van der Waals surface area contributed by atoms with E-state index in [-0.39, 0.29) is 13.3 Å². The predicted molar refractivity (Wildman–Crippen MR) is 106 cm³/mol. The molecule has 0 atom stereocenters. The summed E-state index contributed by atoms with van der Waals surface area (Å²) in [6.07, 6.45) is -0.473. The number of nitrogens with two attached hydrogens (primary N) is 2. The molecule has 146 valence electrons. The first-order valence-corrected chi connectivity index (χ1v) is 8.67. The smallest absolute Gasteiger partial charge is 0.413 e. The summed E-state index contributed by atoms with van der Waals surface area (Å²) in [7, 11) is 0. The van der Waals surface area contributed by atoms with Crippen molar-refractivity contribution in [3.05, 3.63) is 48.5 Å². The van der Waals surface area contributed by atoms with Crippen molar-refractivity contribution in [3.63, 3.8) is 0 Å². The van der Waals surface area contributed by atoms with Gasteiger partial charge < -0.3 is 25.7 Å². The van der Waals surface area contributed by atoms with Gasteiger partial charge in [-0.25, -0.2) is 4.79 Å². The Hall–Kier alpha value is -3.09. The molecule has 7 heteroatoms. The SMILES string of the molecule is CC(C)(C)OC(=O)N(CCOc1ccc(N)cc1)COc1ccc(N)cc1. The zero-order valence-electron chi connectivity index (χ0n) is 16.0. The molecule has 0 aliphatic rings. The average Bonchev–Trinajstić information content (AvgIpc) is 2.59. The third kappa shape index (κ3) is 7.35. The van der Waals surface area contributed by atoms with E-state index >= 15 is 0 Å². The summed E-state index contributed by atoms with van der Waals surface area (Å²) in [4.78, 5) is 13.9. The van der Waals surface area contributed by atoms with Crippen LogP contribution in [0.1, 0.15) is 20.8 Å². The number of nitrogen functional groups attached to an aromatic ring is 2. The molecule has 7 nitrogen and oxygen atoms in total. The number of anilines is 2. The number of nitrogens with zero attached hydrogens (tertiary/aromatic N) is 1. The highest BCUT2D eigenvalue weighted by Crippen LogP contribution is 2.16. The summed E-state index contributed by atoms with van der Waals surface area (Å²) in [5.74, 6) is 1.28. The number of carbonyl (C=O) groups is 1. The van der Waals surface area contributed by atoms with Crippen molar-refractivity contribution in [1.82, 2.24) is 4.90 Å². The topological polar surface area (TPSA) is 100 Å². The molecule has 0 heterocycles. The monoisotopic (exact) mass is 373 g/mol. The standard InChI is InChI=1S/C20H27N3O4/c1-20(2,3)27-19(24)23(14-26-18-10-6-16(22)7-11-18)12-13-25-17-8-4-15(21)5-9-17/h4-11H,12-14,21-22H2,1-3H3. The van der Waals surface area contributed by atoms with Crippen LogP contribution in [0.25, 0.3) is 0 Å². The number of carbonyl (C=O) groups excluding carboxylic acids is 1. The van der Waals surface area contributed by atoms with Gasteiger partial charge >= 0.3 is 6.09 Å². The summed E-state index contributed by atoms with van der Waals surface area (Å²) in [6, 6.07) is 14.0. The number of benzene rings is 2. The maximum absolute atomic E-state index is 12.5. The van der Waals surface area contributed by atoms with E-state index in [2.05, 4.69) is 0 Å². The van der Waals surface area contributed by atoms with Crippen LogP contribution in [0.2, 0.25) is 0 Å². The molecule has 0 bridgehead atoms. The molecule has 4 N–H and O–H groups in total. The third-order valence-electron chi connectivity index (χ3n) is 3.43. The van der Waals surface area contributed by atoms with E-state index in [4.69, 9.17) is 25.7 Å². The fourth-order valence-corrected chi connectivity index (χ4v) is 2.09. The molecule has 2 rings (SSSR count). The largest absolute Gasteiger partial charge is 0.492 e. The predicted octanol–water partition coefficient (Wildman–Crippen LogP) is 3.50. The number of hydrogen-bond donors (Lipinski definition) is 2. The van der Waals surface area contributed by atoms with Crippen molar-refractivity contribution in [2.75, 3.05) is 31.3 Å². The van der Waals surface area contributed by atoms with Gasteiger partial charge in [0.2, 0.25) is 0 Å². The molecule has 0 spiro atoms. The Bertz CT molecular complexity index is 724. The molecule has 27 heavy (non-hydrogen) atoms. The normalized spacial score (nSPS) is 10.9. The zero-order chi connectivity index (χ0) is 19.9. The lowest BCUT2D eigenvalue weighted by atomic mass is 10.2. The molecule has 1 amide bonds. The summed E-state index contributed by atoms with van der Waals surface area (Å²) in [6.45, 7) is 6.06. The highest BCUT2D eigenvalue weighted by molar-refractivity contribution is 5.68. The van der Waals surface area contributed by atoms with Gasteiger partial charge in [0.1, 0.15) is 23.7 Å². The number of ether oxygens (including phenoxy) is 3. The van der Waals surface area contributed by atoms with Gasteiger partial charge in [0.15, 0.2) is 6.73 Å². The molecule has 0 aromatic heterocycles. The second kappa shape index (κ2) is 9.02. The van der Waals surface area contributed by atoms with Gasteiger partial charge in [0.05, 0.1) is 6.54 Å². The first kappa shape index (κ1) is 20.2. The van der Waals surface area contributed by atoms with Crippen LogP contribution in [0.5, 0.6) is 11.5 Å². The minimum Gasteiger partial charge on any atom is -0.492 e. The van der Waals surface area contributed by atoms with Crippen molar-refractivity contribution in [2.45, 2.75) is 26.4 Å². The summed E-state index contributed by atoms with van der Waals surface area (Å²) in [5, 5.41) is 0. The maximum Gasteiger partial charge on any atom is 0.413 e. The molecule has 0 unspecified atom stereocenters. The molecular weight excluding hydrogens is 346 g/mol. The molecule has 2 aromatic rings. The third-order valence-corrected chi connectivity index (χ3v) is 3.43. The summed E-state index contributed by atoms with van der Waals surface area (Å²) < 4.78 is 16.8. The van der Waals surface area contributed by atoms with Crippen molar-refractivity contribution in [1.29, 1.82) is 0 Å². The van der Waals surface area contributed by atoms with Crippen LogP contribution in [-0.2, 0) is 4.74 Å². The molecule has 0 fully saturated rings. The second-order valence-corrected chi connectivity index (χ2v) is 7.00. The van der Waals surface area contributed by atoms with Crippen LogP contribution in [-0.4, -0.2) is 36.5 Å². The minimum atomic E-state index is -0.603. The van der Waals surface area contributed by atoms with Crippen molar-refractivity contribution in [3.8, 4) is 11.5 Å². The second-order valence-electron chi connectivity index (χ2n) is 7.00. The number of hydrogen-bond acceptors (Lipinski definition) is 6. The lowest BCUT2D eigenvalue weighted by molar-refractivity contribution is 0.00692. The van der Waals surface area contributed by atoms with Gasteiger partial charge in [0.25, 0.3) is 0 Å². The van der Waals surface area contributed by atoms with E-state index in [0.717, 1.165) is 0 Å². The quantitative estimate of drug-likeness (QED) is 0.569. The van der Waals surface area contributed by atoms with E-state index in [1.165, 1.54) is 4.90 Å². The molecule has 0 aliphatic carbocycles. The first-order chi connectivity index (χ1) is 12.7. The van der Waals surface area contributed by atoms with Crippen molar-refractivity contribution >= 4 is 17.5 Å². The molecule has 0 saturated carbocycles. The molecule has 0 radical (unpaired) electrons. The Morgan fingerprint density at radius 2 is 1.37 bits per heavy atom. The summed E-state index contributed by atoms with van der Waals surface area (Å²) >= 11 is 0. The van der Waals surface area contributed by atoms with Crippen LogP contribution >= 0.6 is 0 Å². The van der Waals surface area contributed by atoms with Crippen LogP contribution in [0.4, 0.5) is 16.2 Å². The van der Waals surface area contributed by atoms with E-state index in [0.29, 0.717) is 29.4 Å². The van der Waals surface area contributed by atoms with Gasteiger partial charge in [-0.2, -0.15) is 0 Å². The maximum atomic E-state index is 12.5. The van der Waals surface area contributed by atoms with E-state index in [9.17, 15) is 4.79 Å². The fourth-order valence-electron chi connectivity index (χ4n) is 2.09. The van der Waals surface area contributed by atoms with E-state index < -0.39 is 11.7 Å². The van der Waals surface area contributed by atoms with Crippen molar-refractivity contribution in [2.24, 2.45) is 0 Å². The van der Waals surface area contributed by atoms with Gasteiger partial charge in [0, 0.05) is 11.4 Å². The van der Waals surface area contributed by atoms with Gasteiger partial charge in [-0.15, -0.1) is 0 Å². The highest BCUT2D eigenvalue weighted by Gasteiger charge is 2.22. The first-order valence-electron chi connectivity index (χ1n) is 8.67. The molecular formula is C20H27N3O4. The average molecular weight is 373 g/mol. The van der Waals surface area contributed by atoms with Gasteiger partial charge in [-0.1, -0.05) is 0 Å². The van der Waals surface area contributed by atoms with E-state index in [1.807, 2.05) is 20.8 Å². The molecule has 0 saturated heterocycles. The Kier molecular flexibility index (Phi) is 6.76. The summed E-state index contributed by atoms with van der Waals surface area (Å²) in [5.41, 5.74) is 12.0. The van der Waals surface area contributed by atoms with Crippen LogP contribution in [0, 0.1) is 0 Å². The van der Waals surface area contributed by atoms with Crippen LogP contribution in [0.3, 0.4) is 0 Å². The highest BCUT2D eigenvalue weighted by atomic mass is 16.6. The Morgan fingerprint density at radius 3 is 1.85 bits per heavy atom. The van der Waals surface area contributed by atoms with Crippen LogP contribution in [0.15, 0.2) is 48.5 Å². The molecule has 2 aromatic carbocycles. The fraction of sp³-hybridized carbons (Fsp3) is 0.350. The van der Waals surface area contributed by atoms with Crippen molar-refractivity contribution < 1.29 is 19.0 Å². The van der Waals surface area contributed by atoms with Gasteiger partial charge in [-0.05, 0) is 69.3 Å². The number of rotatable bonds is 7. The van der Waals surface area contributed by atoms with Gasteiger partial charge in [-0.3, -0.25) is 4.90 Å². The van der Waals surface area contributed by atoms with Crippen LogP contribution < -0.4 is 20.9 Å². The lowest BCUT2D eigenvalue weighted by Gasteiger charge is -2.27. The Balaban J connectivity index is 1.94. The zero-order valence-corrected chi connectivity index (χ0v) is 16.0. The Morgan fingerprint density at radius 1 is 0.889 bits per heavy atom. The number of amides is 1. The lowest BCUT2D eigenvalue weighted by Crippen LogP contribution is -2.41. The van der Waals surface area contributed by atoms with E-state index in [1.54, 1.807) is 48.5 Å². The molecule has 0 aliphatic heterocycles.